The van der Waals surface area contributed by atoms with Gasteiger partial charge in [-0.3, -0.25) is 0 Å². The van der Waals surface area contributed by atoms with Gasteiger partial charge in [0.05, 0.1) is 5.69 Å². The quantitative estimate of drug-likeness (QED) is 0.830. The van der Waals surface area contributed by atoms with Crippen LogP contribution in [0.5, 0.6) is 0 Å². The molecule has 1 unspecified atom stereocenters. The van der Waals surface area contributed by atoms with Gasteiger partial charge in [-0.15, -0.1) is 0 Å². The largest absolute Gasteiger partial charge is 0.326 e. The Morgan fingerprint density at radius 2 is 2.35 bits per heavy atom. The molecule has 1 aliphatic rings. The normalized spacial score (nSPS) is 20.2. The number of hydrogen-bond donors (Lipinski definition) is 2. The second-order valence-electron chi connectivity index (χ2n) is 4.74. The Balaban J connectivity index is 1.85. The lowest BCUT2D eigenvalue weighted by Gasteiger charge is -2.06. The van der Waals surface area contributed by atoms with Crippen LogP contribution in [0.4, 0.5) is 0 Å². The molecule has 1 fully saturated rings. The SMILES string of the molecule is NCc1ccc2nc(CC3CCCN3)cn2c1. The van der Waals surface area contributed by atoms with Crippen molar-refractivity contribution in [2.75, 3.05) is 6.54 Å². The average molecular weight is 230 g/mol. The molecule has 1 atom stereocenters. The summed E-state index contributed by atoms with van der Waals surface area (Å²) in [6, 6.07) is 4.68. The molecule has 4 heteroatoms. The molecular formula is C13H18N4. The highest BCUT2D eigenvalue weighted by molar-refractivity contribution is 5.41. The van der Waals surface area contributed by atoms with Gasteiger partial charge in [0.2, 0.25) is 0 Å². The maximum absolute atomic E-state index is 5.64. The summed E-state index contributed by atoms with van der Waals surface area (Å²) in [6.07, 6.45) is 7.76. The van der Waals surface area contributed by atoms with Crippen LogP contribution < -0.4 is 11.1 Å². The van der Waals surface area contributed by atoms with Crippen molar-refractivity contribution in [3.8, 4) is 0 Å². The molecule has 3 rings (SSSR count). The number of hydrogen-bond acceptors (Lipinski definition) is 3. The van der Waals surface area contributed by atoms with Crippen LogP contribution in [0.15, 0.2) is 24.5 Å². The minimum atomic E-state index is 0.577. The van der Waals surface area contributed by atoms with Crippen molar-refractivity contribution >= 4 is 5.65 Å². The molecule has 0 bridgehead atoms. The summed E-state index contributed by atoms with van der Waals surface area (Å²) >= 11 is 0. The third-order valence-corrected chi connectivity index (χ3v) is 3.42. The van der Waals surface area contributed by atoms with Gasteiger partial charge in [-0.2, -0.15) is 0 Å². The Bertz CT molecular complexity index is 511. The highest BCUT2D eigenvalue weighted by Gasteiger charge is 2.15. The molecule has 0 aliphatic carbocycles. The van der Waals surface area contributed by atoms with Gasteiger partial charge in [0, 0.05) is 31.4 Å². The van der Waals surface area contributed by atoms with Gasteiger partial charge >= 0.3 is 0 Å². The van der Waals surface area contributed by atoms with Crippen LogP contribution in [0.3, 0.4) is 0 Å². The lowest BCUT2D eigenvalue weighted by molar-refractivity contribution is 0.597. The van der Waals surface area contributed by atoms with E-state index in [0.717, 1.165) is 24.2 Å². The maximum atomic E-state index is 5.64. The van der Waals surface area contributed by atoms with Crippen molar-refractivity contribution in [1.29, 1.82) is 0 Å². The molecule has 3 N–H and O–H groups in total. The minimum Gasteiger partial charge on any atom is -0.326 e. The van der Waals surface area contributed by atoms with Gasteiger partial charge in [-0.25, -0.2) is 4.98 Å². The molecule has 1 saturated heterocycles. The molecule has 0 spiro atoms. The molecule has 1 aliphatic heterocycles. The van der Waals surface area contributed by atoms with Crippen LogP contribution in [0, 0.1) is 0 Å². The smallest absolute Gasteiger partial charge is 0.136 e. The van der Waals surface area contributed by atoms with Crippen LogP contribution in [-0.2, 0) is 13.0 Å². The first-order valence-corrected chi connectivity index (χ1v) is 6.25. The number of nitrogens with zero attached hydrogens (tertiary/aromatic N) is 2. The third-order valence-electron chi connectivity index (χ3n) is 3.42. The standard InChI is InChI=1S/C13H18N4/c14-7-10-3-4-13-16-12(9-17(13)8-10)6-11-2-1-5-15-11/h3-4,8-9,11,15H,1-2,5-7,14H2. The Hall–Kier alpha value is -1.39. The van der Waals surface area contributed by atoms with Gasteiger partial charge in [0.25, 0.3) is 0 Å². The Kier molecular flexibility index (Phi) is 2.82. The summed E-state index contributed by atoms with van der Waals surface area (Å²) in [5, 5.41) is 3.50. The van der Waals surface area contributed by atoms with E-state index in [4.69, 9.17) is 5.73 Å². The van der Waals surface area contributed by atoms with Crippen LogP contribution in [0.2, 0.25) is 0 Å². The second kappa shape index (κ2) is 4.47. The third kappa shape index (κ3) is 2.18. The van der Waals surface area contributed by atoms with E-state index in [-0.39, 0.29) is 0 Å². The zero-order valence-electron chi connectivity index (χ0n) is 9.89. The number of pyridine rings is 1. The molecule has 4 nitrogen and oxygen atoms in total. The van der Waals surface area contributed by atoms with E-state index in [2.05, 4.69) is 27.1 Å². The molecule has 0 saturated carbocycles. The lowest BCUT2D eigenvalue weighted by Crippen LogP contribution is -2.23. The minimum absolute atomic E-state index is 0.577. The zero-order chi connectivity index (χ0) is 11.7. The molecule has 3 heterocycles. The average Bonchev–Trinajstić information content (AvgIpc) is 2.96. The molecular weight excluding hydrogens is 212 g/mol. The van der Waals surface area contributed by atoms with E-state index in [1.54, 1.807) is 0 Å². The van der Waals surface area contributed by atoms with E-state index in [1.165, 1.54) is 18.5 Å². The fraction of sp³-hybridized carbons (Fsp3) is 0.462. The first-order valence-electron chi connectivity index (χ1n) is 6.25. The van der Waals surface area contributed by atoms with E-state index >= 15 is 0 Å². The summed E-state index contributed by atoms with van der Waals surface area (Å²) in [6.45, 7) is 1.73. The van der Waals surface area contributed by atoms with Gasteiger partial charge in [-0.1, -0.05) is 6.07 Å². The van der Waals surface area contributed by atoms with Crippen molar-refractivity contribution in [2.45, 2.75) is 31.8 Å². The van der Waals surface area contributed by atoms with Crippen molar-refractivity contribution in [1.82, 2.24) is 14.7 Å². The molecule has 0 aromatic carbocycles. The van der Waals surface area contributed by atoms with E-state index in [0.29, 0.717) is 12.6 Å². The highest BCUT2D eigenvalue weighted by Crippen LogP contribution is 2.13. The number of nitrogens with one attached hydrogen (secondary N) is 1. The van der Waals surface area contributed by atoms with Crippen molar-refractivity contribution in [3.05, 3.63) is 35.8 Å². The highest BCUT2D eigenvalue weighted by atomic mass is 15.0. The first kappa shape index (κ1) is 10.7. The predicted octanol–water partition coefficient (Wildman–Crippen LogP) is 1.09. The number of nitrogens with two attached hydrogens (primary N) is 1. The monoisotopic (exact) mass is 230 g/mol. The topological polar surface area (TPSA) is 55.3 Å². The number of imidazole rings is 1. The van der Waals surface area contributed by atoms with Crippen LogP contribution in [-0.4, -0.2) is 22.0 Å². The molecule has 90 valence electrons. The summed E-state index contributed by atoms with van der Waals surface area (Å²) in [5.74, 6) is 0. The summed E-state index contributed by atoms with van der Waals surface area (Å²) in [4.78, 5) is 4.63. The predicted molar refractivity (Wildman–Crippen MR) is 67.8 cm³/mol. The van der Waals surface area contributed by atoms with Gasteiger partial charge < -0.3 is 15.5 Å². The summed E-state index contributed by atoms with van der Waals surface area (Å²) in [7, 11) is 0. The molecule has 17 heavy (non-hydrogen) atoms. The van der Waals surface area contributed by atoms with Crippen molar-refractivity contribution in [3.63, 3.8) is 0 Å². The second-order valence-corrected chi connectivity index (χ2v) is 4.74. The van der Waals surface area contributed by atoms with Crippen molar-refractivity contribution < 1.29 is 0 Å². The Morgan fingerprint density at radius 3 is 3.12 bits per heavy atom. The fourth-order valence-corrected chi connectivity index (χ4v) is 2.49. The van der Waals surface area contributed by atoms with Crippen LogP contribution >= 0.6 is 0 Å². The summed E-state index contributed by atoms with van der Waals surface area (Å²) < 4.78 is 2.08. The van der Waals surface area contributed by atoms with E-state index in [1.807, 2.05) is 12.1 Å². The molecule has 0 radical (unpaired) electrons. The lowest BCUT2D eigenvalue weighted by atomic mass is 10.1. The van der Waals surface area contributed by atoms with Crippen LogP contribution in [0.25, 0.3) is 5.65 Å². The van der Waals surface area contributed by atoms with Crippen LogP contribution in [0.1, 0.15) is 24.1 Å². The molecule has 0 amide bonds. The van der Waals surface area contributed by atoms with E-state index < -0.39 is 0 Å². The maximum Gasteiger partial charge on any atom is 0.136 e. The first-order chi connectivity index (χ1) is 8.35. The Labute approximate surface area is 101 Å². The Morgan fingerprint density at radius 1 is 1.41 bits per heavy atom. The number of fused-ring (bicyclic) bond motifs is 1. The number of rotatable bonds is 3. The molecule has 2 aromatic rings. The zero-order valence-corrected chi connectivity index (χ0v) is 9.89. The van der Waals surface area contributed by atoms with Crippen molar-refractivity contribution in [2.24, 2.45) is 5.73 Å². The summed E-state index contributed by atoms with van der Waals surface area (Å²) in [5.41, 5.74) is 8.95. The van der Waals surface area contributed by atoms with Gasteiger partial charge in [-0.05, 0) is 31.0 Å². The van der Waals surface area contributed by atoms with E-state index in [9.17, 15) is 0 Å². The number of aromatic nitrogens is 2. The van der Waals surface area contributed by atoms with Gasteiger partial charge in [0.15, 0.2) is 0 Å². The van der Waals surface area contributed by atoms with Gasteiger partial charge in [0.1, 0.15) is 5.65 Å². The fourth-order valence-electron chi connectivity index (χ4n) is 2.49. The molecule has 2 aromatic heterocycles.